The maximum atomic E-state index is 13.1. The highest BCUT2D eigenvalue weighted by molar-refractivity contribution is 7.87. The fourth-order valence-electron chi connectivity index (χ4n) is 3.15. The first kappa shape index (κ1) is 21.5. The summed E-state index contributed by atoms with van der Waals surface area (Å²) in [6.07, 6.45) is 3.31. The number of benzene rings is 1. The molecule has 1 saturated carbocycles. The van der Waals surface area contributed by atoms with Crippen molar-refractivity contribution in [2.75, 3.05) is 11.9 Å². The van der Waals surface area contributed by atoms with Crippen molar-refractivity contribution in [3.63, 3.8) is 0 Å². The van der Waals surface area contributed by atoms with Crippen LogP contribution in [0.3, 0.4) is 0 Å². The van der Waals surface area contributed by atoms with Gasteiger partial charge in [0.15, 0.2) is 11.5 Å². The quantitative estimate of drug-likeness (QED) is 0.247. The molecule has 0 radical (unpaired) electrons. The van der Waals surface area contributed by atoms with Crippen molar-refractivity contribution < 1.29 is 17.4 Å². The predicted octanol–water partition coefficient (Wildman–Crippen LogP) is 1.49. The van der Waals surface area contributed by atoms with E-state index in [4.69, 9.17) is 9.77 Å². The third-order valence-corrected chi connectivity index (χ3v) is 5.43. The van der Waals surface area contributed by atoms with Gasteiger partial charge in [0.1, 0.15) is 5.82 Å². The zero-order chi connectivity index (χ0) is 20.9. The van der Waals surface area contributed by atoms with Crippen LogP contribution < -0.4 is 19.9 Å². The fraction of sp³-hybridized carbons (Fsp3) is 0.438. The molecule has 0 amide bonds. The van der Waals surface area contributed by atoms with Crippen LogP contribution in [0.15, 0.2) is 33.9 Å². The van der Waals surface area contributed by atoms with Gasteiger partial charge in [-0.3, -0.25) is 0 Å². The molecule has 5 N–H and O–H groups in total. The van der Waals surface area contributed by atoms with Crippen LogP contribution >= 0.6 is 12.8 Å². The Morgan fingerprint density at radius 1 is 1.24 bits per heavy atom. The van der Waals surface area contributed by atoms with Gasteiger partial charge in [0, 0.05) is 12.6 Å². The van der Waals surface area contributed by atoms with Crippen molar-refractivity contribution in [2.24, 2.45) is 16.0 Å². The second-order valence-corrected chi connectivity index (χ2v) is 8.37. The Bertz CT molecular complexity index is 942. The summed E-state index contributed by atoms with van der Waals surface area (Å²) in [6, 6.07) is 5.78. The molecule has 10 nitrogen and oxygen atoms in total. The summed E-state index contributed by atoms with van der Waals surface area (Å²) >= 11 is 4.07. The molecule has 158 valence electrons. The molecule has 0 atom stereocenters. The summed E-state index contributed by atoms with van der Waals surface area (Å²) in [4.78, 5) is 4.36. The molecule has 1 aliphatic carbocycles. The Kier molecular flexibility index (Phi) is 7.05. The van der Waals surface area contributed by atoms with Gasteiger partial charge in [-0.05, 0) is 66.2 Å². The van der Waals surface area contributed by atoms with Crippen LogP contribution in [0.1, 0.15) is 31.4 Å². The SMILES string of the molecule is NS(=O)(=O)NCC1CCC(Nc2nonc2C(=Nc2ccc(F)cc2)NS)CC1. The number of amidine groups is 1. The number of nitrogens with one attached hydrogen (secondary N) is 3. The lowest BCUT2D eigenvalue weighted by atomic mass is 9.86. The average molecular weight is 444 g/mol. The molecular formula is C16H22FN7O3S2. The number of rotatable bonds is 7. The molecule has 1 aromatic heterocycles. The van der Waals surface area contributed by atoms with Gasteiger partial charge in [0.25, 0.3) is 10.2 Å². The molecular weight excluding hydrogens is 421 g/mol. The highest BCUT2D eigenvalue weighted by Crippen LogP contribution is 2.27. The van der Waals surface area contributed by atoms with E-state index in [1.165, 1.54) is 24.3 Å². The zero-order valence-electron chi connectivity index (χ0n) is 15.4. The van der Waals surface area contributed by atoms with Crippen LogP contribution in [-0.2, 0) is 10.2 Å². The van der Waals surface area contributed by atoms with Gasteiger partial charge in [-0.25, -0.2) is 23.9 Å². The van der Waals surface area contributed by atoms with E-state index in [0.717, 1.165) is 25.7 Å². The number of hydrogen-bond donors (Lipinski definition) is 5. The molecule has 0 bridgehead atoms. The van der Waals surface area contributed by atoms with Crippen molar-refractivity contribution in [3.05, 3.63) is 35.8 Å². The lowest BCUT2D eigenvalue weighted by Gasteiger charge is -2.28. The molecule has 3 rings (SSSR count). The average Bonchev–Trinajstić information content (AvgIpc) is 3.14. The van der Waals surface area contributed by atoms with E-state index in [1.54, 1.807) is 0 Å². The van der Waals surface area contributed by atoms with Crippen LogP contribution in [0.4, 0.5) is 15.9 Å². The van der Waals surface area contributed by atoms with Crippen LogP contribution in [0, 0.1) is 11.7 Å². The lowest BCUT2D eigenvalue weighted by molar-refractivity contribution is 0.305. The van der Waals surface area contributed by atoms with Crippen molar-refractivity contribution in [1.82, 2.24) is 19.8 Å². The molecule has 1 fully saturated rings. The van der Waals surface area contributed by atoms with Gasteiger partial charge in [-0.15, -0.1) is 0 Å². The molecule has 0 spiro atoms. The van der Waals surface area contributed by atoms with Gasteiger partial charge < -0.3 is 10.0 Å². The van der Waals surface area contributed by atoms with E-state index in [1.807, 2.05) is 0 Å². The van der Waals surface area contributed by atoms with Gasteiger partial charge >= 0.3 is 0 Å². The summed E-state index contributed by atoms with van der Waals surface area (Å²) in [5.41, 5.74) is 0.863. The van der Waals surface area contributed by atoms with E-state index in [0.29, 0.717) is 29.6 Å². The topological polar surface area (TPSA) is 148 Å². The van der Waals surface area contributed by atoms with Crippen molar-refractivity contribution in [3.8, 4) is 0 Å². The van der Waals surface area contributed by atoms with Crippen LogP contribution in [0.2, 0.25) is 0 Å². The molecule has 13 heteroatoms. The molecule has 1 aromatic carbocycles. The predicted molar refractivity (Wildman–Crippen MR) is 109 cm³/mol. The maximum absolute atomic E-state index is 13.1. The Balaban J connectivity index is 1.62. The minimum absolute atomic E-state index is 0.123. The number of nitrogens with zero attached hydrogens (tertiary/aromatic N) is 3. The van der Waals surface area contributed by atoms with E-state index >= 15 is 0 Å². The smallest absolute Gasteiger partial charge is 0.274 e. The van der Waals surface area contributed by atoms with Crippen LogP contribution in [0.5, 0.6) is 0 Å². The third-order valence-electron chi connectivity index (χ3n) is 4.65. The van der Waals surface area contributed by atoms with Crippen molar-refractivity contribution in [2.45, 2.75) is 31.7 Å². The summed E-state index contributed by atoms with van der Waals surface area (Å²) < 4.78 is 45.0. The second-order valence-electron chi connectivity index (χ2n) is 6.77. The van der Waals surface area contributed by atoms with Crippen molar-refractivity contribution in [1.29, 1.82) is 0 Å². The van der Waals surface area contributed by atoms with Crippen LogP contribution in [-0.4, -0.2) is 37.2 Å². The molecule has 2 aromatic rings. The number of anilines is 1. The van der Waals surface area contributed by atoms with Gasteiger partial charge in [-0.2, -0.15) is 8.42 Å². The van der Waals surface area contributed by atoms with Gasteiger partial charge in [0.05, 0.1) is 5.69 Å². The lowest BCUT2D eigenvalue weighted by Crippen LogP contribution is -2.37. The normalized spacial score (nSPS) is 20.4. The first-order valence-electron chi connectivity index (χ1n) is 8.95. The monoisotopic (exact) mass is 443 g/mol. The highest BCUT2D eigenvalue weighted by atomic mass is 32.2. The number of halogens is 1. The first-order chi connectivity index (χ1) is 13.8. The highest BCUT2D eigenvalue weighted by Gasteiger charge is 2.25. The Labute approximate surface area is 173 Å². The zero-order valence-corrected chi connectivity index (χ0v) is 17.1. The van der Waals surface area contributed by atoms with E-state index < -0.39 is 10.2 Å². The Hall–Kier alpha value is -2.22. The number of aromatic nitrogens is 2. The van der Waals surface area contributed by atoms with E-state index in [9.17, 15) is 12.8 Å². The summed E-state index contributed by atoms with van der Waals surface area (Å²) in [7, 11) is -3.67. The standard InChI is InChI=1S/C16H22FN7O3S2/c17-11-3-7-13(8-4-11)21-16(24-28)14-15(23-27-22-14)20-12-5-1-10(2-6-12)9-19-29(18,25)26/h3-4,7-8,10,12,19,28H,1-2,5-6,9H2,(H,20,23)(H,21,24)(H2,18,25,26). The van der Waals surface area contributed by atoms with Crippen LogP contribution in [0.25, 0.3) is 0 Å². The minimum Gasteiger partial charge on any atom is -0.363 e. The van der Waals surface area contributed by atoms with E-state index in [2.05, 4.69) is 42.9 Å². The number of hydrogen-bond acceptors (Lipinski definition) is 8. The van der Waals surface area contributed by atoms with E-state index in [-0.39, 0.29) is 17.8 Å². The maximum Gasteiger partial charge on any atom is 0.274 e. The largest absolute Gasteiger partial charge is 0.363 e. The Morgan fingerprint density at radius 2 is 1.93 bits per heavy atom. The Morgan fingerprint density at radius 3 is 2.55 bits per heavy atom. The molecule has 1 heterocycles. The molecule has 29 heavy (non-hydrogen) atoms. The summed E-state index contributed by atoms with van der Waals surface area (Å²) in [6.45, 7) is 0.334. The molecule has 0 saturated heterocycles. The summed E-state index contributed by atoms with van der Waals surface area (Å²) in [5, 5.41) is 16.0. The first-order valence-corrected chi connectivity index (χ1v) is 10.9. The molecule has 0 unspecified atom stereocenters. The summed E-state index contributed by atoms with van der Waals surface area (Å²) in [5.74, 6) is 0.592. The number of aliphatic imine (C=N–C) groups is 1. The van der Waals surface area contributed by atoms with Crippen molar-refractivity contribution >= 4 is 40.4 Å². The number of nitrogens with two attached hydrogens (primary N) is 1. The molecule has 0 aliphatic heterocycles. The number of thiol groups is 1. The van der Waals surface area contributed by atoms with Gasteiger partial charge in [-0.1, -0.05) is 12.8 Å². The van der Waals surface area contributed by atoms with Gasteiger partial charge in [0.2, 0.25) is 5.82 Å². The molecule has 1 aliphatic rings. The third kappa shape index (κ3) is 6.39. The fourth-order valence-corrected chi connectivity index (χ4v) is 3.78. The minimum atomic E-state index is -3.67. The second kappa shape index (κ2) is 9.52.